The van der Waals surface area contributed by atoms with Gasteiger partial charge in [-0.1, -0.05) is 18.2 Å². The van der Waals surface area contributed by atoms with E-state index in [1.54, 1.807) is 6.20 Å². The second-order valence-electron chi connectivity index (χ2n) is 5.59. The lowest BCUT2D eigenvalue weighted by atomic mass is 10.1. The predicted molar refractivity (Wildman–Crippen MR) is 80.5 cm³/mol. The molecule has 0 amide bonds. The van der Waals surface area contributed by atoms with Crippen molar-refractivity contribution in [2.45, 2.75) is 19.1 Å². The maximum atomic E-state index is 12.6. The third-order valence-corrected chi connectivity index (χ3v) is 4.07. The van der Waals surface area contributed by atoms with Crippen LogP contribution in [0.5, 0.6) is 0 Å². The van der Waals surface area contributed by atoms with Gasteiger partial charge in [0, 0.05) is 35.2 Å². The van der Waals surface area contributed by atoms with Crippen molar-refractivity contribution in [3.63, 3.8) is 0 Å². The van der Waals surface area contributed by atoms with Crippen LogP contribution in [0, 0.1) is 0 Å². The summed E-state index contributed by atoms with van der Waals surface area (Å²) in [5.74, 6) is 0.0953. The molecule has 2 atom stereocenters. The number of nitrogens with zero attached hydrogens (tertiary/aromatic N) is 1. The minimum Gasteiger partial charge on any atom is -0.394 e. The van der Waals surface area contributed by atoms with Crippen LogP contribution in [-0.4, -0.2) is 59.2 Å². The Hall–Kier alpha value is -1.69. The zero-order chi connectivity index (χ0) is 14.8. The van der Waals surface area contributed by atoms with Gasteiger partial charge in [-0.25, -0.2) is 0 Å². The summed E-state index contributed by atoms with van der Waals surface area (Å²) in [5, 5.41) is 10.2. The van der Waals surface area contributed by atoms with Crippen LogP contribution in [-0.2, 0) is 4.74 Å². The third kappa shape index (κ3) is 2.85. The number of aliphatic hydroxyl groups excluding tert-OH is 1. The van der Waals surface area contributed by atoms with Gasteiger partial charge in [0.1, 0.15) is 0 Å². The molecule has 21 heavy (non-hydrogen) atoms. The van der Waals surface area contributed by atoms with Crippen LogP contribution in [0.3, 0.4) is 0 Å². The fraction of sp³-hybridized carbons (Fsp3) is 0.438. The highest BCUT2D eigenvalue weighted by atomic mass is 16.5. The van der Waals surface area contributed by atoms with E-state index in [4.69, 9.17) is 4.74 Å². The van der Waals surface area contributed by atoms with Crippen molar-refractivity contribution in [1.29, 1.82) is 0 Å². The molecule has 0 saturated carbocycles. The van der Waals surface area contributed by atoms with Gasteiger partial charge >= 0.3 is 0 Å². The first-order valence-corrected chi connectivity index (χ1v) is 7.25. The van der Waals surface area contributed by atoms with Crippen molar-refractivity contribution in [3.05, 3.63) is 36.0 Å². The number of aromatic nitrogens is 1. The molecular formula is C16H20N2O3. The van der Waals surface area contributed by atoms with Gasteiger partial charge in [-0.15, -0.1) is 0 Å². The summed E-state index contributed by atoms with van der Waals surface area (Å²) in [5.41, 5.74) is 1.70. The van der Waals surface area contributed by atoms with Crippen LogP contribution in [0.1, 0.15) is 17.3 Å². The Labute approximate surface area is 123 Å². The monoisotopic (exact) mass is 288 g/mol. The Morgan fingerprint density at radius 1 is 1.48 bits per heavy atom. The molecule has 0 radical (unpaired) electrons. The van der Waals surface area contributed by atoms with E-state index in [1.165, 1.54) is 0 Å². The highest BCUT2D eigenvalue weighted by molar-refractivity contribution is 6.08. The zero-order valence-electron chi connectivity index (χ0n) is 12.1. The van der Waals surface area contributed by atoms with E-state index in [-0.39, 0.29) is 24.5 Å². The summed E-state index contributed by atoms with van der Waals surface area (Å²) in [4.78, 5) is 17.8. The molecule has 112 valence electrons. The molecule has 3 rings (SSSR count). The molecule has 1 fully saturated rings. The quantitative estimate of drug-likeness (QED) is 0.835. The highest BCUT2D eigenvalue weighted by Crippen LogP contribution is 2.19. The van der Waals surface area contributed by atoms with Crippen LogP contribution in [0.4, 0.5) is 0 Å². The number of carbonyl (C=O) groups is 1. The highest BCUT2D eigenvalue weighted by Gasteiger charge is 2.27. The number of morpholine rings is 1. The first-order chi connectivity index (χ1) is 10.2. The molecule has 1 aliphatic heterocycles. The lowest BCUT2D eigenvalue weighted by molar-refractivity contribution is -0.0747. The van der Waals surface area contributed by atoms with E-state index in [0.29, 0.717) is 19.7 Å². The first-order valence-electron chi connectivity index (χ1n) is 7.25. The van der Waals surface area contributed by atoms with E-state index < -0.39 is 0 Å². The maximum Gasteiger partial charge on any atom is 0.178 e. The first kappa shape index (κ1) is 14.3. The Morgan fingerprint density at radius 3 is 3.10 bits per heavy atom. The number of benzene rings is 1. The number of Topliss-reactive ketones (excluding diaryl/α,β-unsaturated/α-hetero) is 1. The number of H-pyrrole nitrogens is 1. The molecule has 5 heteroatoms. The lowest BCUT2D eigenvalue weighted by Gasteiger charge is -2.36. The van der Waals surface area contributed by atoms with Crippen LogP contribution in [0.25, 0.3) is 10.9 Å². The molecule has 0 spiro atoms. The van der Waals surface area contributed by atoms with Crippen molar-refractivity contribution in [2.24, 2.45) is 0 Å². The smallest absolute Gasteiger partial charge is 0.178 e. The fourth-order valence-electron chi connectivity index (χ4n) is 2.78. The molecule has 2 heterocycles. The number of nitrogens with one attached hydrogen (secondary N) is 1. The summed E-state index contributed by atoms with van der Waals surface area (Å²) in [7, 11) is 0. The van der Waals surface area contributed by atoms with Gasteiger partial charge in [0.2, 0.25) is 0 Å². The van der Waals surface area contributed by atoms with Crippen LogP contribution >= 0.6 is 0 Å². The van der Waals surface area contributed by atoms with Crippen LogP contribution in [0.2, 0.25) is 0 Å². The van der Waals surface area contributed by atoms with Crippen molar-refractivity contribution < 1.29 is 14.6 Å². The number of hydrogen-bond acceptors (Lipinski definition) is 4. The maximum absolute atomic E-state index is 12.6. The number of ketones is 1. The van der Waals surface area contributed by atoms with Gasteiger partial charge < -0.3 is 14.8 Å². The van der Waals surface area contributed by atoms with E-state index in [2.05, 4.69) is 9.88 Å². The molecule has 0 bridgehead atoms. The molecule has 1 aromatic carbocycles. The predicted octanol–water partition coefficient (Wildman–Crippen LogP) is 1.43. The molecular weight excluding hydrogens is 268 g/mol. The Bertz CT molecular complexity index is 637. The summed E-state index contributed by atoms with van der Waals surface area (Å²) >= 11 is 0. The number of aromatic amines is 1. The van der Waals surface area contributed by atoms with Crippen LogP contribution < -0.4 is 0 Å². The summed E-state index contributed by atoms with van der Waals surface area (Å²) < 4.78 is 5.50. The largest absolute Gasteiger partial charge is 0.394 e. The zero-order valence-corrected chi connectivity index (χ0v) is 12.1. The second-order valence-corrected chi connectivity index (χ2v) is 5.59. The average molecular weight is 288 g/mol. The molecule has 0 aliphatic carbocycles. The van der Waals surface area contributed by atoms with E-state index in [0.717, 1.165) is 16.5 Å². The molecule has 1 saturated heterocycles. The van der Waals surface area contributed by atoms with Crippen molar-refractivity contribution >= 4 is 16.7 Å². The van der Waals surface area contributed by atoms with Gasteiger partial charge in [0.25, 0.3) is 0 Å². The normalized spacial score (nSPS) is 23.5. The SMILES string of the molecule is CC1COC(CO)CN1CC(=O)c1c[nH]c2ccccc12. The number of aliphatic hydroxyl groups is 1. The molecule has 1 aromatic heterocycles. The van der Waals surface area contributed by atoms with E-state index >= 15 is 0 Å². The summed E-state index contributed by atoms with van der Waals surface area (Å²) in [6, 6.07) is 7.99. The molecule has 1 aliphatic rings. The summed E-state index contributed by atoms with van der Waals surface area (Å²) in [6.45, 7) is 3.52. The minimum absolute atomic E-state index is 0.00943. The van der Waals surface area contributed by atoms with Crippen molar-refractivity contribution in [1.82, 2.24) is 9.88 Å². The number of ether oxygens (including phenoxy) is 1. The Kier molecular flexibility index (Phi) is 4.05. The standard InChI is InChI=1S/C16H20N2O3/c1-11-10-21-12(9-19)7-18(11)8-16(20)14-6-17-15-5-3-2-4-13(14)15/h2-6,11-12,17,19H,7-10H2,1H3. The van der Waals surface area contributed by atoms with E-state index in [1.807, 2.05) is 31.2 Å². The fourth-order valence-corrected chi connectivity index (χ4v) is 2.78. The third-order valence-electron chi connectivity index (χ3n) is 4.07. The van der Waals surface area contributed by atoms with Crippen molar-refractivity contribution in [3.8, 4) is 0 Å². The molecule has 5 nitrogen and oxygen atoms in total. The number of para-hydroxylation sites is 1. The summed E-state index contributed by atoms with van der Waals surface area (Å²) in [6.07, 6.45) is 1.58. The van der Waals surface area contributed by atoms with Gasteiger partial charge in [-0.05, 0) is 13.0 Å². The number of hydrogen-bond donors (Lipinski definition) is 2. The molecule has 2 unspecified atom stereocenters. The van der Waals surface area contributed by atoms with Crippen molar-refractivity contribution in [2.75, 3.05) is 26.3 Å². The van der Waals surface area contributed by atoms with Gasteiger partial charge in [-0.3, -0.25) is 9.69 Å². The average Bonchev–Trinajstić information content (AvgIpc) is 2.93. The molecule has 2 N–H and O–H groups in total. The Balaban J connectivity index is 1.76. The minimum atomic E-state index is -0.197. The number of rotatable bonds is 4. The lowest BCUT2D eigenvalue weighted by Crippen LogP contribution is -2.51. The number of carbonyl (C=O) groups excluding carboxylic acids is 1. The van der Waals surface area contributed by atoms with Gasteiger partial charge in [0.05, 0.1) is 25.9 Å². The topological polar surface area (TPSA) is 65.6 Å². The van der Waals surface area contributed by atoms with Gasteiger partial charge in [0.15, 0.2) is 5.78 Å². The van der Waals surface area contributed by atoms with Crippen LogP contribution in [0.15, 0.2) is 30.5 Å². The number of fused-ring (bicyclic) bond motifs is 1. The second kappa shape index (κ2) is 5.97. The Morgan fingerprint density at radius 2 is 2.29 bits per heavy atom. The van der Waals surface area contributed by atoms with Gasteiger partial charge in [-0.2, -0.15) is 0 Å². The molecule has 2 aromatic rings. The van der Waals surface area contributed by atoms with E-state index in [9.17, 15) is 9.90 Å².